The van der Waals surface area contributed by atoms with Gasteiger partial charge in [-0.1, -0.05) is 29.3 Å². The summed E-state index contributed by atoms with van der Waals surface area (Å²) in [5.41, 5.74) is 4.05. The van der Waals surface area contributed by atoms with E-state index in [-0.39, 0.29) is 24.0 Å². The largest absolute Gasteiger partial charge is 0.356 e. The van der Waals surface area contributed by atoms with E-state index >= 15 is 0 Å². The Balaban J connectivity index is 0.00000338. The topological polar surface area (TPSA) is 42.9 Å². The van der Waals surface area contributed by atoms with Crippen molar-refractivity contribution in [1.82, 2.24) is 20.4 Å². The minimum atomic E-state index is 0. The predicted molar refractivity (Wildman–Crippen MR) is 123 cm³/mol. The molecular weight excluding hydrogens is 437 g/mol. The standard InChI is InChI=1S/C20H35N5.HI/c1-17-14-18(2)16-19(15-17)6-7-22-20(21-3)23-8-11-25-10-5-9-24(4)12-13-25;/h14-16H,5-13H2,1-4H3,(H2,21,22,23);1H. The van der Waals surface area contributed by atoms with Crippen molar-refractivity contribution in [2.45, 2.75) is 26.7 Å². The molecule has 1 heterocycles. The molecule has 6 heteroatoms. The van der Waals surface area contributed by atoms with Crippen LogP contribution in [0.4, 0.5) is 0 Å². The number of aryl methyl sites for hydroxylation is 2. The monoisotopic (exact) mass is 473 g/mol. The van der Waals surface area contributed by atoms with E-state index in [2.05, 4.69) is 64.5 Å². The molecule has 0 bridgehead atoms. The molecule has 2 rings (SSSR count). The lowest BCUT2D eigenvalue weighted by atomic mass is 10.1. The normalized spacial score (nSPS) is 16.7. The zero-order chi connectivity index (χ0) is 18.1. The van der Waals surface area contributed by atoms with Crippen molar-refractivity contribution in [2.24, 2.45) is 4.99 Å². The van der Waals surface area contributed by atoms with Gasteiger partial charge in [-0.15, -0.1) is 24.0 Å². The van der Waals surface area contributed by atoms with Crippen LogP contribution in [0.15, 0.2) is 23.2 Å². The maximum Gasteiger partial charge on any atom is 0.191 e. The summed E-state index contributed by atoms with van der Waals surface area (Å²) in [5, 5.41) is 6.87. The number of rotatable bonds is 6. The highest BCUT2D eigenvalue weighted by molar-refractivity contribution is 14.0. The molecule has 148 valence electrons. The van der Waals surface area contributed by atoms with Crippen LogP contribution < -0.4 is 10.6 Å². The van der Waals surface area contributed by atoms with Crippen molar-refractivity contribution in [3.05, 3.63) is 34.9 Å². The molecule has 1 aliphatic rings. The first-order chi connectivity index (χ1) is 12.1. The molecule has 0 atom stereocenters. The van der Waals surface area contributed by atoms with Crippen LogP contribution in [0.3, 0.4) is 0 Å². The van der Waals surface area contributed by atoms with E-state index in [1.165, 1.54) is 42.7 Å². The molecule has 0 spiro atoms. The Labute approximate surface area is 176 Å². The van der Waals surface area contributed by atoms with Crippen molar-refractivity contribution in [3.63, 3.8) is 0 Å². The van der Waals surface area contributed by atoms with Gasteiger partial charge in [0.2, 0.25) is 0 Å². The minimum Gasteiger partial charge on any atom is -0.356 e. The summed E-state index contributed by atoms with van der Waals surface area (Å²) in [5.74, 6) is 0.899. The number of nitrogens with zero attached hydrogens (tertiary/aromatic N) is 3. The molecule has 5 nitrogen and oxygen atoms in total. The van der Waals surface area contributed by atoms with Gasteiger partial charge in [0.15, 0.2) is 5.96 Å². The van der Waals surface area contributed by atoms with Gasteiger partial charge in [0.05, 0.1) is 0 Å². The Morgan fingerprint density at radius 2 is 1.69 bits per heavy atom. The average Bonchev–Trinajstić information content (AvgIpc) is 2.77. The van der Waals surface area contributed by atoms with E-state index in [1.807, 2.05) is 7.05 Å². The smallest absolute Gasteiger partial charge is 0.191 e. The summed E-state index contributed by atoms with van der Waals surface area (Å²) >= 11 is 0. The first kappa shape index (κ1) is 23.2. The van der Waals surface area contributed by atoms with Crippen LogP contribution in [0.1, 0.15) is 23.1 Å². The molecule has 26 heavy (non-hydrogen) atoms. The van der Waals surface area contributed by atoms with Gasteiger partial charge in [-0.3, -0.25) is 4.99 Å². The lowest BCUT2D eigenvalue weighted by molar-refractivity contribution is 0.280. The Bertz CT molecular complexity index is 541. The van der Waals surface area contributed by atoms with Crippen molar-refractivity contribution in [3.8, 4) is 0 Å². The molecule has 0 aromatic heterocycles. The summed E-state index contributed by atoms with van der Waals surface area (Å²) in [6.45, 7) is 12.0. The third-order valence-electron chi connectivity index (χ3n) is 4.74. The number of hydrogen-bond donors (Lipinski definition) is 2. The Hall–Kier alpha value is -0.860. The number of hydrogen-bond acceptors (Lipinski definition) is 3. The lowest BCUT2D eigenvalue weighted by Gasteiger charge is -2.21. The Morgan fingerprint density at radius 1 is 1.00 bits per heavy atom. The third kappa shape index (κ3) is 8.68. The van der Waals surface area contributed by atoms with E-state index in [0.717, 1.165) is 38.6 Å². The third-order valence-corrected chi connectivity index (χ3v) is 4.74. The fraction of sp³-hybridized carbons (Fsp3) is 0.650. The van der Waals surface area contributed by atoms with E-state index < -0.39 is 0 Å². The zero-order valence-corrected chi connectivity index (χ0v) is 19.2. The molecule has 0 amide bonds. The fourth-order valence-corrected chi connectivity index (χ4v) is 3.42. The second-order valence-electron chi connectivity index (χ2n) is 7.17. The van der Waals surface area contributed by atoms with Crippen molar-refractivity contribution >= 4 is 29.9 Å². The number of likely N-dealkylation sites (N-methyl/N-ethyl adjacent to an activating group) is 1. The van der Waals surface area contributed by atoms with Gasteiger partial charge in [0.1, 0.15) is 0 Å². The first-order valence-electron chi connectivity index (χ1n) is 9.49. The second kappa shape index (κ2) is 12.5. The van der Waals surface area contributed by atoms with Crippen molar-refractivity contribution in [2.75, 3.05) is 59.9 Å². The molecule has 1 saturated heterocycles. The summed E-state index contributed by atoms with van der Waals surface area (Å²) < 4.78 is 0. The second-order valence-corrected chi connectivity index (χ2v) is 7.17. The van der Waals surface area contributed by atoms with Gasteiger partial charge in [-0.05, 0) is 52.4 Å². The van der Waals surface area contributed by atoms with Crippen LogP contribution in [-0.4, -0.2) is 75.7 Å². The minimum absolute atomic E-state index is 0. The van der Waals surface area contributed by atoms with E-state index in [4.69, 9.17) is 0 Å². The quantitative estimate of drug-likeness (QED) is 0.378. The summed E-state index contributed by atoms with van der Waals surface area (Å²) in [4.78, 5) is 9.29. The maximum absolute atomic E-state index is 4.34. The van der Waals surface area contributed by atoms with Gasteiger partial charge in [0.25, 0.3) is 0 Å². The molecule has 1 aliphatic heterocycles. The van der Waals surface area contributed by atoms with Crippen LogP contribution in [0, 0.1) is 13.8 Å². The van der Waals surface area contributed by atoms with E-state index in [1.54, 1.807) is 0 Å². The molecule has 0 unspecified atom stereocenters. The van der Waals surface area contributed by atoms with Crippen LogP contribution >= 0.6 is 24.0 Å². The lowest BCUT2D eigenvalue weighted by Crippen LogP contribution is -2.42. The molecule has 1 aromatic carbocycles. The molecule has 1 aromatic rings. The van der Waals surface area contributed by atoms with Crippen LogP contribution in [0.2, 0.25) is 0 Å². The van der Waals surface area contributed by atoms with E-state index in [9.17, 15) is 0 Å². The van der Waals surface area contributed by atoms with E-state index in [0.29, 0.717) is 0 Å². The van der Waals surface area contributed by atoms with Gasteiger partial charge >= 0.3 is 0 Å². The first-order valence-corrected chi connectivity index (χ1v) is 9.49. The van der Waals surface area contributed by atoms with Gasteiger partial charge in [-0.2, -0.15) is 0 Å². The molecule has 0 saturated carbocycles. The number of nitrogens with one attached hydrogen (secondary N) is 2. The van der Waals surface area contributed by atoms with Gasteiger partial charge in [0, 0.05) is 39.8 Å². The van der Waals surface area contributed by atoms with Crippen LogP contribution in [0.5, 0.6) is 0 Å². The highest BCUT2D eigenvalue weighted by atomic mass is 127. The van der Waals surface area contributed by atoms with Crippen molar-refractivity contribution in [1.29, 1.82) is 0 Å². The molecule has 2 N–H and O–H groups in total. The number of aliphatic imine (C=N–C) groups is 1. The number of guanidine groups is 1. The van der Waals surface area contributed by atoms with Crippen LogP contribution in [-0.2, 0) is 6.42 Å². The Morgan fingerprint density at radius 3 is 2.38 bits per heavy atom. The summed E-state index contributed by atoms with van der Waals surface area (Å²) in [6, 6.07) is 6.75. The zero-order valence-electron chi connectivity index (χ0n) is 16.8. The van der Waals surface area contributed by atoms with Gasteiger partial charge in [-0.25, -0.2) is 0 Å². The van der Waals surface area contributed by atoms with Gasteiger partial charge < -0.3 is 20.4 Å². The highest BCUT2D eigenvalue weighted by Crippen LogP contribution is 2.08. The number of halogens is 1. The molecule has 0 aliphatic carbocycles. The highest BCUT2D eigenvalue weighted by Gasteiger charge is 2.11. The Kier molecular flexibility index (Phi) is 11.2. The summed E-state index contributed by atoms with van der Waals surface area (Å²) in [7, 11) is 4.05. The molecular formula is C20H36IN5. The molecule has 0 radical (unpaired) electrons. The summed E-state index contributed by atoms with van der Waals surface area (Å²) in [6.07, 6.45) is 2.28. The maximum atomic E-state index is 4.34. The average molecular weight is 473 g/mol. The predicted octanol–water partition coefficient (Wildman–Crippen LogP) is 2.27. The molecule has 1 fully saturated rings. The fourth-order valence-electron chi connectivity index (χ4n) is 3.42. The van der Waals surface area contributed by atoms with Crippen LogP contribution in [0.25, 0.3) is 0 Å². The number of benzene rings is 1. The SMILES string of the molecule is CN=C(NCCc1cc(C)cc(C)c1)NCCN1CCCN(C)CC1.I. The van der Waals surface area contributed by atoms with Crippen molar-refractivity contribution < 1.29 is 0 Å².